The maximum atomic E-state index is 12.7. The van der Waals surface area contributed by atoms with Crippen molar-refractivity contribution in [2.45, 2.75) is 31.7 Å². The van der Waals surface area contributed by atoms with Gasteiger partial charge in [-0.2, -0.15) is 20.5 Å². The fraction of sp³-hybridized carbons (Fsp3) is 0.667. The largest absolute Gasteiger partial charge is 0.355 e. The Morgan fingerprint density at radius 3 is 2.67 bits per heavy atom. The van der Waals surface area contributed by atoms with Gasteiger partial charge in [-0.25, -0.2) is 4.98 Å². The molecule has 2 N–H and O–H groups in total. The molecule has 122 valence electrons. The molecule has 0 aliphatic rings. The van der Waals surface area contributed by atoms with E-state index in [-0.39, 0.29) is 41.1 Å². The number of aromatic nitrogens is 2. The van der Waals surface area contributed by atoms with E-state index in [1.165, 1.54) is 12.4 Å². The Kier molecular flexibility index (Phi) is 9.18. The number of nitrogens with one attached hydrogen (secondary N) is 2. The summed E-state index contributed by atoms with van der Waals surface area (Å²) < 4.78 is 26.2. The van der Waals surface area contributed by atoms with Gasteiger partial charge in [0.25, 0.3) is 0 Å². The highest BCUT2D eigenvalue weighted by atomic mass is 127. The zero-order valence-electron chi connectivity index (χ0n) is 12.6. The molecule has 5 nitrogen and oxygen atoms in total. The van der Waals surface area contributed by atoms with Crippen LogP contribution in [0, 0.1) is 0 Å². The van der Waals surface area contributed by atoms with Crippen LogP contribution >= 0.6 is 35.7 Å². The van der Waals surface area contributed by atoms with Gasteiger partial charge >= 0.3 is 6.55 Å². The molecule has 0 saturated carbocycles. The topological polar surface area (TPSA) is 54.2 Å². The number of hydrogen-bond donors (Lipinski definition) is 2. The molecule has 21 heavy (non-hydrogen) atoms. The molecular weight excluding hydrogens is 411 g/mol. The number of rotatable bonds is 6. The smallest absolute Gasteiger partial charge is 0.319 e. The molecule has 0 bridgehead atoms. The molecule has 0 unspecified atom stereocenters. The van der Waals surface area contributed by atoms with Crippen molar-refractivity contribution >= 4 is 41.7 Å². The Hall–Kier alpha value is -0.580. The first-order chi connectivity index (χ1) is 9.39. The Morgan fingerprint density at radius 1 is 1.48 bits per heavy atom. The number of imidazole rings is 1. The van der Waals surface area contributed by atoms with E-state index in [1.54, 1.807) is 18.8 Å². The monoisotopic (exact) mass is 433 g/mol. The molecular formula is C12H22F2IN5S. The van der Waals surface area contributed by atoms with Crippen LogP contribution in [0.25, 0.3) is 0 Å². The van der Waals surface area contributed by atoms with Crippen molar-refractivity contribution < 1.29 is 8.78 Å². The molecule has 1 rings (SSSR count). The summed E-state index contributed by atoms with van der Waals surface area (Å²) in [5.74, 6) is 0.836. The SMILES string of the molecule is CN=C(NCc1nccn1C(F)F)NCC(C)(C)SC.I. The summed E-state index contributed by atoms with van der Waals surface area (Å²) >= 11 is 1.74. The minimum absolute atomic E-state index is 0. The van der Waals surface area contributed by atoms with Crippen LogP contribution in [-0.2, 0) is 6.54 Å². The molecule has 0 aromatic carbocycles. The van der Waals surface area contributed by atoms with Gasteiger partial charge in [0, 0.05) is 30.7 Å². The van der Waals surface area contributed by atoms with Crippen LogP contribution in [0.1, 0.15) is 26.2 Å². The quantitative estimate of drug-likeness (QED) is 0.412. The van der Waals surface area contributed by atoms with Crippen molar-refractivity contribution in [3.63, 3.8) is 0 Å². The number of halogens is 3. The maximum Gasteiger partial charge on any atom is 0.319 e. The lowest BCUT2D eigenvalue weighted by Crippen LogP contribution is -2.43. The van der Waals surface area contributed by atoms with Gasteiger partial charge < -0.3 is 10.6 Å². The van der Waals surface area contributed by atoms with Crippen LogP contribution in [0.3, 0.4) is 0 Å². The third-order valence-electron chi connectivity index (χ3n) is 2.83. The van der Waals surface area contributed by atoms with Crippen LogP contribution in [0.5, 0.6) is 0 Å². The zero-order valence-corrected chi connectivity index (χ0v) is 15.7. The number of thioether (sulfide) groups is 1. The minimum Gasteiger partial charge on any atom is -0.355 e. The Labute approximate surface area is 145 Å². The summed E-state index contributed by atoms with van der Waals surface area (Å²) in [5, 5.41) is 6.14. The van der Waals surface area contributed by atoms with Crippen molar-refractivity contribution in [2.75, 3.05) is 19.8 Å². The lowest BCUT2D eigenvalue weighted by atomic mass is 10.2. The van der Waals surface area contributed by atoms with Crippen LogP contribution in [-0.4, -0.2) is 40.1 Å². The van der Waals surface area contributed by atoms with Gasteiger partial charge in [-0.1, -0.05) is 0 Å². The summed E-state index contributed by atoms with van der Waals surface area (Å²) in [4.78, 5) is 7.96. The molecule has 1 aromatic rings. The van der Waals surface area contributed by atoms with Crippen LogP contribution in [0.15, 0.2) is 17.4 Å². The maximum absolute atomic E-state index is 12.7. The van der Waals surface area contributed by atoms with E-state index in [0.29, 0.717) is 5.96 Å². The predicted molar refractivity (Wildman–Crippen MR) is 94.7 cm³/mol. The lowest BCUT2D eigenvalue weighted by Gasteiger charge is -2.23. The summed E-state index contributed by atoms with van der Waals surface area (Å²) in [6.07, 6.45) is 4.65. The molecule has 9 heteroatoms. The molecule has 0 fully saturated rings. The summed E-state index contributed by atoms with van der Waals surface area (Å²) in [6.45, 7) is 2.55. The number of hydrogen-bond acceptors (Lipinski definition) is 3. The van der Waals surface area contributed by atoms with E-state index in [4.69, 9.17) is 0 Å². The van der Waals surface area contributed by atoms with Gasteiger partial charge in [-0.15, -0.1) is 24.0 Å². The minimum atomic E-state index is -2.58. The number of guanidine groups is 1. The fourth-order valence-corrected chi connectivity index (χ4v) is 1.63. The highest BCUT2D eigenvalue weighted by Crippen LogP contribution is 2.19. The molecule has 0 spiro atoms. The van der Waals surface area contributed by atoms with Gasteiger partial charge in [0.15, 0.2) is 5.96 Å². The van der Waals surface area contributed by atoms with Crippen molar-refractivity contribution in [1.29, 1.82) is 0 Å². The summed E-state index contributed by atoms with van der Waals surface area (Å²) in [7, 11) is 1.64. The van der Waals surface area contributed by atoms with Gasteiger partial charge in [-0.3, -0.25) is 9.56 Å². The fourth-order valence-electron chi connectivity index (χ4n) is 1.41. The molecule has 0 radical (unpaired) electrons. The third kappa shape index (κ3) is 6.81. The third-order valence-corrected chi connectivity index (χ3v) is 4.08. The van der Waals surface area contributed by atoms with E-state index in [2.05, 4.69) is 34.5 Å². The van der Waals surface area contributed by atoms with E-state index in [0.717, 1.165) is 11.1 Å². The molecule has 1 heterocycles. The van der Waals surface area contributed by atoms with E-state index >= 15 is 0 Å². The van der Waals surface area contributed by atoms with Crippen LogP contribution in [0.2, 0.25) is 0 Å². The normalized spacial score (nSPS) is 12.2. The zero-order chi connectivity index (χ0) is 15.2. The van der Waals surface area contributed by atoms with Gasteiger partial charge in [0.1, 0.15) is 5.82 Å². The Bertz CT molecular complexity index is 451. The highest BCUT2D eigenvalue weighted by molar-refractivity contribution is 14.0. The molecule has 0 aliphatic heterocycles. The predicted octanol–water partition coefficient (Wildman–Crippen LogP) is 2.70. The molecule has 0 atom stereocenters. The second kappa shape index (κ2) is 9.44. The van der Waals surface area contributed by atoms with E-state index in [9.17, 15) is 8.78 Å². The Morgan fingerprint density at radius 2 is 2.14 bits per heavy atom. The standard InChI is InChI=1S/C12H21F2N5S.HI/c1-12(2,20-4)8-18-11(15-3)17-7-9-16-5-6-19(9)10(13)14;/h5-6,10H,7-8H2,1-4H3,(H2,15,17,18);1H. The first kappa shape index (κ1) is 20.4. The van der Waals surface area contributed by atoms with Crippen LogP contribution in [0.4, 0.5) is 8.78 Å². The molecule has 0 aliphatic carbocycles. The van der Waals surface area contributed by atoms with Gasteiger partial charge in [0.05, 0.1) is 6.54 Å². The van der Waals surface area contributed by atoms with Crippen molar-refractivity contribution in [2.24, 2.45) is 4.99 Å². The molecule has 1 aromatic heterocycles. The number of alkyl halides is 2. The van der Waals surface area contributed by atoms with Crippen molar-refractivity contribution in [3.8, 4) is 0 Å². The first-order valence-corrected chi connectivity index (χ1v) is 7.41. The van der Waals surface area contributed by atoms with Crippen LogP contribution < -0.4 is 10.6 Å². The van der Waals surface area contributed by atoms with Crippen molar-refractivity contribution in [3.05, 3.63) is 18.2 Å². The first-order valence-electron chi connectivity index (χ1n) is 6.19. The van der Waals surface area contributed by atoms with E-state index in [1.807, 2.05) is 6.26 Å². The Balaban J connectivity index is 0.00000400. The molecule has 0 saturated heterocycles. The lowest BCUT2D eigenvalue weighted by molar-refractivity contribution is 0.0668. The summed E-state index contributed by atoms with van der Waals surface area (Å²) in [6, 6.07) is 0. The number of nitrogens with zero attached hydrogens (tertiary/aromatic N) is 3. The molecule has 0 amide bonds. The van der Waals surface area contributed by atoms with E-state index < -0.39 is 6.55 Å². The summed E-state index contributed by atoms with van der Waals surface area (Å²) in [5.41, 5.74) is 0. The van der Waals surface area contributed by atoms with Gasteiger partial charge in [0.2, 0.25) is 0 Å². The second-order valence-electron chi connectivity index (χ2n) is 4.77. The average molecular weight is 433 g/mol. The number of aliphatic imine (C=N–C) groups is 1. The van der Waals surface area contributed by atoms with Crippen molar-refractivity contribution in [1.82, 2.24) is 20.2 Å². The second-order valence-corrected chi connectivity index (χ2v) is 6.28. The van der Waals surface area contributed by atoms with Gasteiger partial charge in [-0.05, 0) is 20.1 Å². The highest BCUT2D eigenvalue weighted by Gasteiger charge is 2.16. The average Bonchev–Trinajstić information content (AvgIpc) is 2.87.